The number of benzene rings is 1. The molecular formula is C14H20BN3. The Hall–Kier alpha value is -1.58. The van der Waals surface area contributed by atoms with Crippen LogP contribution < -0.4 is 5.59 Å². The van der Waals surface area contributed by atoms with Crippen molar-refractivity contribution >= 4 is 13.4 Å². The lowest BCUT2D eigenvalue weighted by atomic mass is 9.89. The van der Waals surface area contributed by atoms with E-state index < -0.39 is 0 Å². The molecule has 0 amide bonds. The molecule has 0 aliphatic rings. The van der Waals surface area contributed by atoms with E-state index >= 15 is 0 Å². The highest BCUT2D eigenvalue weighted by Gasteiger charge is 2.12. The molecule has 2 aromatic rings. The van der Waals surface area contributed by atoms with Gasteiger partial charge in [0.1, 0.15) is 0 Å². The van der Waals surface area contributed by atoms with Crippen LogP contribution in [-0.4, -0.2) is 22.8 Å². The summed E-state index contributed by atoms with van der Waals surface area (Å²) in [6, 6.07) is 0. The van der Waals surface area contributed by atoms with Crippen molar-refractivity contribution in [3.05, 3.63) is 39.6 Å². The molecule has 0 saturated heterocycles. The first-order valence-corrected chi connectivity index (χ1v) is 6.34. The van der Waals surface area contributed by atoms with Crippen molar-refractivity contribution in [2.75, 3.05) is 0 Å². The minimum Gasteiger partial charge on any atom is -0.249 e. The van der Waals surface area contributed by atoms with E-state index in [1.807, 2.05) is 18.7 Å². The third-order valence-corrected chi connectivity index (χ3v) is 4.13. The predicted molar refractivity (Wildman–Crippen MR) is 77.4 cm³/mol. The Bertz CT molecular complexity index is 570. The fourth-order valence-corrected chi connectivity index (χ4v) is 2.45. The molecule has 1 heterocycles. The van der Waals surface area contributed by atoms with Gasteiger partial charge >= 0.3 is 0 Å². The Morgan fingerprint density at radius 1 is 0.944 bits per heavy atom. The molecule has 1 aromatic heterocycles. The maximum Gasteiger partial charge on any atom is 0.168 e. The number of hydrogen-bond acceptors (Lipinski definition) is 2. The average Bonchev–Trinajstić information content (AvgIpc) is 2.75. The fraction of sp³-hybridized carbons (Fsp3) is 0.429. The Kier molecular flexibility index (Phi) is 3.29. The Morgan fingerprint density at radius 3 is 1.89 bits per heavy atom. The largest absolute Gasteiger partial charge is 0.249 e. The summed E-state index contributed by atoms with van der Waals surface area (Å²) in [4.78, 5) is 0. The van der Waals surface area contributed by atoms with Crippen molar-refractivity contribution in [2.24, 2.45) is 0 Å². The van der Waals surface area contributed by atoms with E-state index in [2.05, 4.69) is 44.9 Å². The lowest BCUT2D eigenvalue weighted by Gasteiger charge is -2.18. The molecule has 0 radical (unpaired) electrons. The second-order valence-electron chi connectivity index (χ2n) is 5.16. The molecule has 0 spiro atoms. The van der Waals surface area contributed by atoms with Gasteiger partial charge in [-0.25, -0.2) is 4.68 Å². The highest BCUT2D eigenvalue weighted by Crippen LogP contribution is 2.26. The molecule has 0 unspecified atom stereocenters. The van der Waals surface area contributed by atoms with Crippen LogP contribution in [0.2, 0.25) is 0 Å². The molecule has 0 bridgehead atoms. The van der Waals surface area contributed by atoms with Gasteiger partial charge in [-0.15, -0.1) is 5.10 Å². The summed E-state index contributed by atoms with van der Waals surface area (Å²) in [7, 11) is 1.97. The summed E-state index contributed by atoms with van der Waals surface area (Å²) in [5.41, 5.74) is 9.29. The van der Waals surface area contributed by atoms with Crippen LogP contribution in [0, 0.1) is 34.6 Å². The lowest BCUT2D eigenvalue weighted by molar-refractivity contribution is 0.644. The van der Waals surface area contributed by atoms with Crippen LogP contribution >= 0.6 is 0 Å². The highest BCUT2D eigenvalue weighted by molar-refractivity contribution is 6.30. The first-order chi connectivity index (χ1) is 8.41. The maximum absolute atomic E-state index is 4.14. The van der Waals surface area contributed by atoms with Crippen LogP contribution in [0.15, 0.2) is 6.20 Å². The molecule has 3 nitrogen and oxygen atoms in total. The standard InChI is InChI=1S/C14H20BN3/c1-8-9(2)11(4)13(12(5)10(8)3)6-18-7-14(15)16-17-18/h7H,6,15H2,1-5H3. The summed E-state index contributed by atoms with van der Waals surface area (Å²) in [6.07, 6.45) is 1.99. The van der Waals surface area contributed by atoms with Crippen LogP contribution in [0.4, 0.5) is 0 Å². The maximum atomic E-state index is 4.14. The molecule has 0 saturated carbocycles. The Balaban J connectivity index is 2.51. The third-order valence-electron chi connectivity index (χ3n) is 4.13. The summed E-state index contributed by atoms with van der Waals surface area (Å²) in [5, 5.41) is 8.19. The van der Waals surface area contributed by atoms with Crippen molar-refractivity contribution < 1.29 is 0 Å². The first-order valence-electron chi connectivity index (χ1n) is 6.34. The van der Waals surface area contributed by atoms with E-state index in [0.29, 0.717) is 0 Å². The summed E-state index contributed by atoms with van der Waals surface area (Å²) < 4.78 is 1.92. The Labute approximate surface area is 110 Å². The van der Waals surface area contributed by atoms with Gasteiger partial charge in [0.25, 0.3) is 0 Å². The van der Waals surface area contributed by atoms with Crippen molar-refractivity contribution in [2.45, 2.75) is 41.2 Å². The minimum absolute atomic E-state index is 0.806. The zero-order valence-electron chi connectivity index (χ0n) is 12.1. The number of hydrogen-bond donors (Lipinski definition) is 0. The average molecular weight is 241 g/mol. The van der Waals surface area contributed by atoms with Crippen molar-refractivity contribution in [3.8, 4) is 0 Å². The van der Waals surface area contributed by atoms with E-state index in [1.54, 1.807) is 0 Å². The third kappa shape index (κ3) is 2.07. The van der Waals surface area contributed by atoms with Crippen LogP contribution in [0.5, 0.6) is 0 Å². The lowest BCUT2D eigenvalue weighted by Crippen LogP contribution is -2.09. The van der Waals surface area contributed by atoms with Crippen LogP contribution in [0.3, 0.4) is 0 Å². The minimum atomic E-state index is 0.806. The van der Waals surface area contributed by atoms with Crippen molar-refractivity contribution in [3.63, 3.8) is 0 Å². The summed E-state index contributed by atoms with van der Waals surface area (Å²) in [5.74, 6) is 0. The summed E-state index contributed by atoms with van der Waals surface area (Å²) in [6.45, 7) is 11.8. The van der Waals surface area contributed by atoms with Gasteiger partial charge in [0.15, 0.2) is 7.85 Å². The molecular weight excluding hydrogens is 221 g/mol. The van der Waals surface area contributed by atoms with E-state index in [-0.39, 0.29) is 0 Å². The van der Waals surface area contributed by atoms with Gasteiger partial charge in [-0.3, -0.25) is 0 Å². The molecule has 0 N–H and O–H groups in total. The normalized spacial score (nSPS) is 10.9. The Morgan fingerprint density at radius 2 is 1.44 bits per heavy atom. The van der Waals surface area contributed by atoms with Crippen LogP contribution in [0.25, 0.3) is 0 Å². The van der Waals surface area contributed by atoms with Crippen LogP contribution in [-0.2, 0) is 6.54 Å². The van der Waals surface area contributed by atoms with E-state index in [0.717, 1.165) is 12.1 Å². The first kappa shape index (κ1) is 12.9. The molecule has 0 aliphatic heterocycles. The predicted octanol–water partition coefficient (Wildman–Crippen LogP) is 1.13. The van der Waals surface area contributed by atoms with E-state index in [1.165, 1.54) is 33.4 Å². The van der Waals surface area contributed by atoms with Gasteiger partial charge < -0.3 is 0 Å². The smallest absolute Gasteiger partial charge is 0.168 e. The molecule has 1 aromatic carbocycles. The fourth-order valence-electron chi connectivity index (χ4n) is 2.45. The molecule has 18 heavy (non-hydrogen) atoms. The number of nitrogens with zero attached hydrogens (tertiary/aromatic N) is 3. The zero-order chi connectivity index (χ0) is 13.4. The second kappa shape index (κ2) is 4.60. The molecule has 2 rings (SSSR count). The summed E-state index contributed by atoms with van der Waals surface area (Å²) >= 11 is 0. The molecule has 4 heteroatoms. The van der Waals surface area contributed by atoms with Crippen molar-refractivity contribution in [1.82, 2.24) is 15.0 Å². The zero-order valence-corrected chi connectivity index (χ0v) is 12.1. The topological polar surface area (TPSA) is 30.7 Å². The van der Waals surface area contributed by atoms with Gasteiger partial charge in [0.05, 0.1) is 6.54 Å². The van der Waals surface area contributed by atoms with Gasteiger partial charge in [-0.1, -0.05) is 5.21 Å². The van der Waals surface area contributed by atoms with Crippen molar-refractivity contribution in [1.29, 1.82) is 0 Å². The number of aromatic nitrogens is 3. The SMILES string of the molecule is Bc1cn(Cc2c(C)c(C)c(C)c(C)c2C)nn1. The quantitative estimate of drug-likeness (QED) is 0.738. The van der Waals surface area contributed by atoms with Gasteiger partial charge in [-0.2, -0.15) is 0 Å². The number of rotatable bonds is 2. The molecule has 94 valence electrons. The van der Waals surface area contributed by atoms with E-state index in [4.69, 9.17) is 0 Å². The van der Waals surface area contributed by atoms with Gasteiger partial charge in [0.2, 0.25) is 0 Å². The molecule has 0 aliphatic carbocycles. The monoisotopic (exact) mass is 241 g/mol. The van der Waals surface area contributed by atoms with E-state index in [9.17, 15) is 0 Å². The second-order valence-corrected chi connectivity index (χ2v) is 5.16. The van der Waals surface area contributed by atoms with Crippen LogP contribution in [0.1, 0.15) is 33.4 Å². The van der Waals surface area contributed by atoms with Gasteiger partial charge in [-0.05, 0) is 68.0 Å². The molecule has 0 atom stereocenters. The van der Waals surface area contributed by atoms with Gasteiger partial charge in [0, 0.05) is 11.8 Å². The highest BCUT2D eigenvalue weighted by atomic mass is 15.4. The molecule has 0 fully saturated rings.